The number of benzene rings is 2. The van der Waals surface area contributed by atoms with Crippen LogP contribution in [0.15, 0.2) is 42.5 Å². The normalized spacial score (nSPS) is 10.8. The van der Waals surface area contributed by atoms with E-state index in [1.165, 1.54) is 0 Å². The molecule has 4 N–H and O–H groups in total. The molecule has 0 saturated carbocycles. The van der Waals surface area contributed by atoms with Gasteiger partial charge < -0.3 is 27.6 Å². The van der Waals surface area contributed by atoms with Gasteiger partial charge in [-0.15, -0.1) is 0 Å². The molecule has 0 amide bonds. The standard InChI is InChI=1S/C17H19Cl2N3O3S.BrH/c1-26(24,25)22-13-7-5-12(6-8-13)16(23)11-20-9-10-21-17-14(18)3-2-4-15(17)19;/h2-8,20-22H,9-11H2,1H3;1H. The SMILES string of the molecule is CS(=O)(=O)Nc1ccc(C(=O)C[NH2+]CCNc2c(Cl)cccc2Cl)cc1.[Br-]. The molecule has 2 aromatic carbocycles. The monoisotopic (exact) mass is 495 g/mol. The van der Waals surface area contributed by atoms with Crippen molar-refractivity contribution in [1.29, 1.82) is 0 Å². The van der Waals surface area contributed by atoms with Gasteiger partial charge in [-0.2, -0.15) is 0 Å². The van der Waals surface area contributed by atoms with Crippen molar-refractivity contribution >= 4 is 50.4 Å². The predicted molar refractivity (Wildman–Crippen MR) is 106 cm³/mol. The van der Waals surface area contributed by atoms with Crippen molar-refractivity contribution in [3.63, 3.8) is 0 Å². The van der Waals surface area contributed by atoms with E-state index >= 15 is 0 Å². The molecule has 0 bridgehead atoms. The summed E-state index contributed by atoms with van der Waals surface area (Å²) in [5, 5.41) is 6.13. The number of rotatable bonds is 9. The molecule has 2 rings (SSSR count). The van der Waals surface area contributed by atoms with Crippen LogP contribution in [0.1, 0.15) is 10.4 Å². The van der Waals surface area contributed by atoms with E-state index in [1.54, 1.807) is 42.5 Å². The number of hydrogen-bond donors (Lipinski definition) is 3. The van der Waals surface area contributed by atoms with Gasteiger partial charge in [0.2, 0.25) is 15.8 Å². The number of nitrogens with one attached hydrogen (secondary N) is 2. The molecule has 0 aliphatic carbocycles. The molecule has 0 radical (unpaired) electrons. The Hall–Kier alpha value is -1.32. The fraction of sp³-hybridized carbons (Fsp3) is 0.235. The predicted octanol–water partition coefficient (Wildman–Crippen LogP) is -0.773. The molecular weight excluding hydrogens is 477 g/mol. The van der Waals surface area contributed by atoms with Crippen molar-refractivity contribution in [2.45, 2.75) is 0 Å². The fourth-order valence-corrected chi connectivity index (χ4v) is 3.35. The molecule has 0 aliphatic rings. The van der Waals surface area contributed by atoms with Crippen molar-refractivity contribution in [2.24, 2.45) is 0 Å². The van der Waals surface area contributed by atoms with Gasteiger partial charge in [-0.3, -0.25) is 9.52 Å². The number of halogens is 3. The van der Waals surface area contributed by atoms with E-state index in [2.05, 4.69) is 10.0 Å². The highest BCUT2D eigenvalue weighted by atomic mass is 79.9. The summed E-state index contributed by atoms with van der Waals surface area (Å²) in [6, 6.07) is 11.6. The minimum absolute atomic E-state index is 0. The maximum absolute atomic E-state index is 12.2. The van der Waals surface area contributed by atoms with Crippen LogP contribution in [0.3, 0.4) is 0 Å². The number of nitrogens with two attached hydrogens (primary N) is 1. The number of Topliss-reactive ketones (excluding diaryl/α,β-unsaturated/α-hetero) is 1. The fourth-order valence-electron chi connectivity index (χ4n) is 2.26. The number of hydrogen-bond acceptors (Lipinski definition) is 4. The Balaban J connectivity index is 0.00000364. The molecule has 148 valence electrons. The van der Waals surface area contributed by atoms with Crippen molar-refractivity contribution < 1.29 is 35.5 Å². The zero-order valence-corrected chi connectivity index (χ0v) is 18.4. The van der Waals surface area contributed by atoms with E-state index in [4.69, 9.17) is 23.2 Å². The van der Waals surface area contributed by atoms with E-state index < -0.39 is 10.0 Å². The highest BCUT2D eigenvalue weighted by molar-refractivity contribution is 7.92. The van der Waals surface area contributed by atoms with Crippen molar-refractivity contribution in [3.8, 4) is 0 Å². The Labute approximate surface area is 179 Å². The Morgan fingerprint density at radius 3 is 2.22 bits per heavy atom. The van der Waals surface area contributed by atoms with E-state index in [0.29, 0.717) is 40.1 Å². The minimum atomic E-state index is -3.33. The number of carbonyl (C=O) groups excluding carboxylic acids is 1. The molecule has 2 aromatic rings. The van der Waals surface area contributed by atoms with Gasteiger partial charge in [0.15, 0.2) is 0 Å². The van der Waals surface area contributed by atoms with Crippen LogP contribution < -0.4 is 32.3 Å². The molecule has 0 spiro atoms. The van der Waals surface area contributed by atoms with Crippen LogP contribution in [-0.2, 0) is 10.0 Å². The van der Waals surface area contributed by atoms with Crippen LogP contribution in [0.5, 0.6) is 0 Å². The maximum atomic E-state index is 12.2. The van der Waals surface area contributed by atoms with Gasteiger partial charge in [0, 0.05) is 11.3 Å². The quantitative estimate of drug-likeness (QED) is 0.314. The van der Waals surface area contributed by atoms with Gasteiger partial charge in [-0.05, 0) is 36.4 Å². The summed E-state index contributed by atoms with van der Waals surface area (Å²) in [4.78, 5) is 12.2. The van der Waals surface area contributed by atoms with Gasteiger partial charge in [0.05, 0.1) is 35.1 Å². The topological polar surface area (TPSA) is 91.9 Å². The van der Waals surface area contributed by atoms with Crippen LogP contribution >= 0.6 is 23.2 Å². The second-order valence-corrected chi connectivity index (χ2v) is 8.24. The summed E-state index contributed by atoms with van der Waals surface area (Å²) < 4.78 is 24.7. The summed E-state index contributed by atoms with van der Waals surface area (Å²) in [5.74, 6) is -0.0355. The molecule has 0 aromatic heterocycles. The summed E-state index contributed by atoms with van der Waals surface area (Å²) in [5.41, 5.74) is 1.64. The van der Waals surface area contributed by atoms with Gasteiger partial charge in [-0.1, -0.05) is 29.3 Å². The Kier molecular flexibility index (Phi) is 9.55. The first-order chi connectivity index (χ1) is 12.3. The largest absolute Gasteiger partial charge is 1.00 e. The summed E-state index contributed by atoms with van der Waals surface area (Å²) >= 11 is 12.1. The van der Waals surface area contributed by atoms with E-state index in [0.717, 1.165) is 6.26 Å². The van der Waals surface area contributed by atoms with E-state index in [-0.39, 0.29) is 29.3 Å². The van der Waals surface area contributed by atoms with Crippen LogP contribution in [0.4, 0.5) is 11.4 Å². The third-order valence-electron chi connectivity index (χ3n) is 3.45. The van der Waals surface area contributed by atoms with Crippen LogP contribution in [0, 0.1) is 0 Å². The molecule has 0 atom stereocenters. The zero-order valence-electron chi connectivity index (χ0n) is 14.5. The third-order valence-corrected chi connectivity index (χ3v) is 4.69. The van der Waals surface area contributed by atoms with Gasteiger partial charge in [-0.25, -0.2) is 8.42 Å². The first kappa shape index (κ1) is 23.7. The van der Waals surface area contributed by atoms with Crippen LogP contribution in [-0.4, -0.2) is 40.1 Å². The molecular formula is C17H20BrCl2N3O3S. The molecule has 0 fully saturated rings. The minimum Gasteiger partial charge on any atom is -1.00 e. The first-order valence-electron chi connectivity index (χ1n) is 7.87. The zero-order chi connectivity index (χ0) is 19.2. The average molecular weight is 497 g/mol. The molecule has 10 heteroatoms. The second-order valence-electron chi connectivity index (χ2n) is 5.68. The Morgan fingerprint density at radius 2 is 1.67 bits per heavy atom. The molecule has 6 nitrogen and oxygen atoms in total. The molecule has 0 saturated heterocycles. The summed E-state index contributed by atoms with van der Waals surface area (Å²) in [6.07, 6.45) is 1.07. The Bertz CT molecular complexity index is 857. The third kappa shape index (κ3) is 8.06. The van der Waals surface area contributed by atoms with Crippen molar-refractivity contribution in [2.75, 3.05) is 35.9 Å². The van der Waals surface area contributed by atoms with Crippen LogP contribution in [0.25, 0.3) is 0 Å². The highest BCUT2D eigenvalue weighted by Gasteiger charge is 2.09. The average Bonchev–Trinajstić information content (AvgIpc) is 2.56. The number of para-hydroxylation sites is 1. The van der Waals surface area contributed by atoms with Crippen molar-refractivity contribution in [1.82, 2.24) is 0 Å². The lowest BCUT2D eigenvalue weighted by atomic mass is 10.1. The number of anilines is 2. The number of ketones is 1. The van der Waals surface area contributed by atoms with Gasteiger partial charge in [0.25, 0.3) is 0 Å². The van der Waals surface area contributed by atoms with E-state index in [1.807, 2.05) is 5.32 Å². The van der Waals surface area contributed by atoms with Crippen LogP contribution in [0.2, 0.25) is 10.0 Å². The lowest BCUT2D eigenvalue weighted by Gasteiger charge is -2.09. The molecule has 0 aliphatic heterocycles. The first-order valence-corrected chi connectivity index (χ1v) is 10.5. The molecule has 0 heterocycles. The molecule has 0 unspecified atom stereocenters. The molecule has 27 heavy (non-hydrogen) atoms. The van der Waals surface area contributed by atoms with Crippen molar-refractivity contribution in [3.05, 3.63) is 58.1 Å². The Morgan fingerprint density at radius 1 is 1.07 bits per heavy atom. The second kappa shape index (κ2) is 10.9. The lowest BCUT2D eigenvalue weighted by Crippen LogP contribution is -3.00. The summed E-state index contributed by atoms with van der Waals surface area (Å²) in [7, 11) is -3.33. The number of sulfonamides is 1. The van der Waals surface area contributed by atoms with Gasteiger partial charge >= 0.3 is 0 Å². The smallest absolute Gasteiger partial charge is 0.229 e. The summed E-state index contributed by atoms with van der Waals surface area (Å²) in [6.45, 7) is 1.56. The number of carbonyl (C=O) groups is 1. The van der Waals surface area contributed by atoms with Gasteiger partial charge in [0.1, 0.15) is 6.54 Å². The number of quaternary nitrogens is 1. The highest BCUT2D eigenvalue weighted by Crippen LogP contribution is 2.29. The lowest BCUT2D eigenvalue weighted by molar-refractivity contribution is -0.639. The maximum Gasteiger partial charge on any atom is 0.229 e. The van der Waals surface area contributed by atoms with E-state index in [9.17, 15) is 13.2 Å².